The Morgan fingerprint density at radius 3 is 1.71 bits per heavy atom. The second-order valence-electron chi connectivity index (χ2n) is 14.5. The number of hydrogen-bond acceptors (Lipinski definition) is 2. The van der Waals surface area contributed by atoms with Gasteiger partial charge in [0.15, 0.2) is 0 Å². The Balaban J connectivity index is 1.03. The van der Waals surface area contributed by atoms with Crippen LogP contribution < -0.4 is 9.64 Å². The standard InChI is InChI=1S/C54H35NO/c1-2-12-40-32-42(25-24-36(40)10-1)37-26-29-45(30-27-37)55(47-19-6-17-44(34-47)49-21-7-13-38-11-3-4-20-48(38)49)46-18-5-16-41(33-46)43-28-31-52-51(35-43)50-22-8-14-39-15-9-23-53(56-52)54(39)50/h1-35H. The van der Waals surface area contributed by atoms with Gasteiger partial charge in [-0.25, -0.2) is 0 Å². The van der Waals surface area contributed by atoms with Gasteiger partial charge in [0, 0.05) is 28.0 Å². The maximum atomic E-state index is 6.45. The molecule has 0 N–H and O–H groups in total. The molecule has 0 aromatic heterocycles. The molecule has 0 bridgehead atoms. The molecule has 2 nitrogen and oxygen atoms in total. The first kappa shape index (κ1) is 32.0. The van der Waals surface area contributed by atoms with E-state index in [4.69, 9.17) is 4.74 Å². The smallest absolute Gasteiger partial charge is 0.135 e. The van der Waals surface area contributed by atoms with E-state index in [-0.39, 0.29) is 0 Å². The van der Waals surface area contributed by atoms with Gasteiger partial charge in [-0.05, 0) is 127 Å². The van der Waals surface area contributed by atoms with Gasteiger partial charge in [0.2, 0.25) is 0 Å². The van der Waals surface area contributed by atoms with Gasteiger partial charge in [-0.1, -0.05) is 152 Å². The van der Waals surface area contributed by atoms with E-state index in [0.717, 1.165) is 50.6 Å². The lowest BCUT2D eigenvalue weighted by atomic mass is 9.92. The lowest BCUT2D eigenvalue weighted by Gasteiger charge is -2.27. The van der Waals surface area contributed by atoms with E-state index in [1.165, 1.54) is 54.7 Å². The first-order valence-electron chi connectivity index (χ1n) is 19.2. The van der Waals surface area contributed by atoms with Crippen LogP contribution in [0.4, 0.5) is 17.1 Å². The quantitative estimate of drug-likeness (QED) is 0.170. The Labute approximate surface area is 326 Å². The SMILES string of the molecule is c1cc(-c2ccc3c(c2)-c2cccc4cccc(c24)O3)cc(N(c2ccc(-c3ccc4ccccc4c3)cc2)c2cccc(-c3cccc4ccccc34)c2)c1. The van der Waals surface area contributed by atoms with Gasteiger partial charge < -0.3 is 9.64 Å². The monoisotopic (exact) mass is 713 g/mol. The molecule has 0 saturated heterocycles. The third-order valence-corrected chi connectivity index (χ3v) is 11.2. The molecule has 1 aliphatic heterocycles. The highest BCUT2D eigenvalue weighted by molar-refractivity contribution is 6.05. The molecule has 0 unspecified atom stereocenters. The van der Waals surface area contributed by atoms with Gasteiger partial charge in [0.25, 0.3) is 0 Å². The molecule has 10 aromatic carbocycles. The van der Waals surface area contributed by atoms with Gasteiger partial charge in [-0.3, -0.25) is 0 Å². The van der Waals surface area contributed by atoms with E-state index in [2.05, 4.69) is 217 Å². The van der Waals surface area contributed by atoms with Crippen molar-refractivity contribution in [3.8, 4) is 56.0 Å². The number of fused-ring (bicyclic) bond motifs is 4. The molecule has 0 amide bonds. The van der Waals surface area contributed by atoms with Gasteiger partial charge in [0.05, 0.1) is 0 Å². The van der Waals surface area contributed by atoms with Crippen molar-refractivity contribution in [1.29, 1.82) is 0 Å². The molecule has 0 spiro atoms. The minimum atomic E-state index is 0.884. The lowest BCUT2D eigenvalue weighted by Crippen LogP contribution is -2.10. The van der Waals surface area contributed by atoms with Gasteiger partial charge in [-0.15, -0.1) is 0 Å². The fourth-order valence-electron chi connectivity index (χ4n) is 8.48. The molecule has 0 fully saturated rings. The Hall–Kier alpha value is -7.42. The lowest BCUT2D eigenvalue weighted by molar-refractivity contribution is 0.487. The summed E-state index contributed by atoms with van der Waals surface area (Å²) in [6.45, 7) is 0. The molecular formula is C54H35NO. The molecule has 11 rings (SSSR count). The van der Waals surface area contributed by atoms with Crippen molar-refractivity contribution in [1.82, 2.24) is 0 Å². The van der Waals surface area contributed by atoms with Crippen molar-refractivity contribution >= 4 is 49.4 Å². The zero-order valence-electron chi connectivity index (χ0n) is 30.6. The number of benzene rings is 10. The molecule has 262 valence electrons. The van der Waals surface area contributed by atoms with Crippen LogP contribution in [0.15, 0.2) is 212 Å². The molecule has 56 heavy (non-hydrogen) atoms. The fourth-order valence-corrected chi connectivity index (χ4v) is 8.48. The number of nitrogens with zero attached hydrogens (tertiary/aromatic N) is 1. The zero-order valence-corrected chi connectivity index (χ0v) is 30.6. The molecule has 10 aromatic rings. The van der Waals surface area contributed by atoms with E-state index >= 15 is 0 Å². The highest BCUT2D eigenvalue weighted by atomic mass is 16.5. The van der Waals surface area contributed by atoms with Crippen molar-refractivity contribution in [3.63, 3.8) is 0 Å². The summed E-state index contributed by atoms with van der Waals surface area (Å²) in [5.41, 5.74) is 12.6. The van der Waals surface area contributed by atoms with Crippen molar-refractivity contribution in [3.05, 3.63) is 212 Å². The van der Waals surface area contributed by atoms with Gasteiger partial charge in [0.1, 0.15) is 11.5 Å². The minimum absolute atomic E-state index is 0.884. The predicted octanol–water partition coefficient (Wildman–Crippen LogP) is 15.4. The summed E-state index contributed by atoms with van der Waals surface area (Å²) in [6, 6.07) is 76.6. The third kappa shape index (κ3) is 5.51. The van der Waals surface area contributed by atoms with Crippen LogP contribution in [0.25, 0.3) is 76.8 Å². The van der Waals surface area contributed by atoms with Crippen LogP contribution in [0.5, 0.6) is 11.5 Å². The Kier molecular flexibility index (Phi) is 7.53. The van der Waals surface area contributed by atoms with Crippen LogP contribution in [0.1, 0.15) is 0 Å². The number of anilines is 3. The fraction of sp³-hybridized carbons (Fsp3) is 0. The van der Waals surface area contributed by atoms with E-state index in [1.54, 1.807) is 0 Å². The van der Waals surface area contributed by atoms with Gasteiger partial charge >= 0.3 is 0 Å². The summed E-state index contributed by atoms with van der Waals surface area (Å²) in [4.78, 5) is 2.38. The Morgan fingerprint density at radius 1 is 0.286 bits per heavy atom. The largest absolute Gasteiger partial charge is 0.456 e. The normalized spacial score (nSPS) is 11.7. The summed E-state index contributed by atoms with van der Waals surface area (Å²) in [5.74, 6) is 1.79. The maximum absolute atomic E-state index is 6.45. The summed E-state index contributed by atoms with van der Waals surface area (Å²) in [7, 11) is 0. The highest BCUT2D eigenvalue weighted by Gasteiger charge is 2.21. The van der Waals surface area contributed by atoms with E-state index in [9.17, 15) is 0 Å². The summed E-state index contributed by atoms with van der Waals surface area (Å²) in [6.07, 6.45) is 0. The number of hydrogen-bond donors (Lipinski definition) is 0. The molecule has 0 saturated carbocycles. The van der Waals surface area contributed by atoms with Crippen molar-refractivity contribution in [2.45, 2.75) is 0 Å². The Morgan fingerprint density at radius 2 is 0.875 bits per heavy atom. The first-order valence-corrected chi connectivity index (χ1v) is 19.2. The van der Waals surface area contributed by atoms with E-state index in [0.29, 0.717) is 0 Å². The molecular weight excluding hydrogens is 679 g/mol. The predicted molar refractivity (Wildman–Crippen MR) is 235 cm³/mol. The van der Waals surface area contributed by atoms with Crippen LogP contribution in [0.2, 0.25) is 0 Å². The molecule has 0 radical (unpaired) electrons. The maximum Gasteiger partial charge on any atom is 0.135 e. The topological polar surface area (TPSA) is 12.5 Å². The molecule has 0 aliphatic carbocycles. The van der Waals surface area contributed by atoms with Crippen LogP contribution in [-0.4, -0.2) is 0 Å². The minimum Gasteiger partial charge on any atom is -0.456 e. The van der Waals surface area contributed by atoms with Crippen LogP contribution in [0.3, 0.4) is 0 Å². The van der Waals surface area contributed by atoms with Gasteiger partial charge in [-0.2, -0.15) is 0 Å². The van der Waals surface area contributed by atoms with E-state index in [1.807, 2.05) is 0 Å². The summed E-state index contributed by atoms with van der Waals surface area (Å²) < 4.78 is 6.45. The Bertz CT molecular complexity index is 3110. The molecule has 0 atom stereocenters. The summed E-state index contributed by atoms with van der Waals surface area (Å²) >= 11 is 0. The highest BCUT2D eigenvalue weighted by Crippen LogP contribution is 2.48. The first-order chi connectivity index (χ1) is 27.7. The zero-order chi connectivity index (χ0) is 37.0. The second-order valence-corrected chi connectivity index (χ2v) is 14.5. The average Bonchev–Trinajstić information content (AvgIpc) is 3.27. The van der Waals surface area contributed by atoms with E-state index < -0.39 is 0 Å². The van der Waals surface area contributed by atoms with Crippen LogP contribution in [-0.2, 0) is 0 Å². The van der Waals surface area contributed by atoms with Crippen LogP contribution >= 0.6 is 0 Å². The van der Waals surface area contributed by atoms with Crippen molar-refractivity contribution < 1.29 is 4.74 Å². The molecule has 1 heterocycles. The third-order valence-electron chi connectivity index (χ3n) is 11.2. The van der Waals surface area contributed by atoms with Crippen molar-refractivity contribution in [2.24, 2.45) is 0 Å². The second kappa shape index (κ2) is 13.2. The van der Waals surface area contributed by atoms with Crippen molar-refractivity contribution in [2.75, 3.05) is 4.90 Å². The number of rotatable bonds is 6. The van der Waals surface area contributed by atoms with Crippen LogP contribution in [0, 0.1) is 0 Å². The average molecular weight is 714 g/mol. The summed E-state index contributed by atoms with van der Waals surface area (Å²) in [5, 5.41) is 7.32. The molecule has 2 heteroatoms. The molecule has 1 aliphatic rings. The number of ether oxygens (including phenoxy) is 1.